The molecule has 0 spiro atoms. The summed E-state index contributed by atoms with van der Waals surface area (Å²) in [6.45, 7) is 6.65. The van der Waals surface area contributed by atoms with Gasteiger partial charge >= 0.3 is 0 Å². The number of aldehydes is 1. The van der Waals surface area contributed by atoms with Gasteiger partial charge in [-0.3, -0.25) is 4.79 Å². The first-order valence-corrected chi connectivity index (χ1v) is 7.62. The van der Waals surface area contributed by atoms with E-state index in [0.717, 1.165) is 47.3 Å². The van der Waals surface area contributed by atoms with Crippen molar-refractivity contribution in [3.05, 3.63) is 22.7 Å². The highest BCUT2D eigenvalue weighted by Crippen LogP contribution is 2.32. The van der Waals surface area contributed by atoms with Crippen LogP contribution in [0.25, 0.3) is 0 Å². The monoisotopic (exact) mass is 291 g/mol. The number of hydrogen-bond donors (Lipinski definition) is 0. The molecule has 0 saturated carbocycles. The van der Waals surface area contributed by atoms with Crippen LogP contribution >= 0.6 is 11.3 Å². The summed E-state index contributed by atoms with van der Waals surface area (Å²) in [7, 11) is 0. The normalized spacial score (nSPS) is 16.0. The van der Waals surface area contributed by atoms with Crippen LogP contribution in [0.2, 0.25) is 0 Å². The smallest absolute Gasteiger partial charge is 0.186 e. The van der Waals surface area contributed by atoms with E-state index < -0.39 is 0 Å². The Morgan fingerprint density at radius 1 is 1.50 bits per heavy atom. The first-order chi connectivity index (χ1) is 9.72. The quantitative estimate of drug-likeness (QED) is 0.807. The lowest BCUT2D eigenvalue weighted by Crippen LogP contribution is -2.33. The van der Waals surface area contributed by atoms with Gasteiger partial charge in [0.2, 0.25) is 0 Å². The minimum Gasteiger partial charge on any atom is -0.339 e. The molecule has 106 valence electrons. The van der Waals surface area contributed by atoms with Crippen molar-refractivity contribution in [1.29, 1.82) is 0 Å². The molecule has 0 aromatic carbocycles. The molecular weight excluding hydrogens is 274 g/mol. The Labute approximate surface area is 121 Å². The second-order valence-electron chi connectivity index (χ2n) is 5.04. The third-order valence-corrected chi connectivity index (χ3v) is 4.82. The molecule has 7 heteroatoms. The molecule has 1 unspecified atom stereocenters. The summed E-state index contributed by atoms with van der Waals surface area (Å²) in [5.41, 5.74) is 0.926. The van der Waals surface area contributed by atoms with E-state index in [4.69, 9.17) is 0 Å². The van der Waals surface area contributed by atoms with Gasteiger partial charge in [-0.25, -0.2) is 4.98 Å². The fourth-order valence-electron chi connectivity index (χ4n) is 2.33. The molecule has 0 saturated heterocycles. The van der Waals surface area contributed by atoms with Crippen LogP contribution in [0.4, 0.5) is 5.13 Å². The van der Waals surface area contributed by atoms with E-state index >= 15 is 0 Å². The first kappa shape index (κ1) is 13.2. The number of anilines is 1. The Morgan fingerprint density at radius 2 is 2.35 bits per heavy atom. The number of thiazole rings is 1. The molecule has 1 atom stereocenters. The number of carbonyl (C=O) groups excluding carboxylic acids is 1. The number of fused-ring (bicyclic) bond motifs is 1. The Hall–Kier alpha value is -1.76. The predicted molar refractivity (Wildman–Crippen MR) is 77.3 cm³/mol. The molecule has 0 radical (unpaired) electrons. The zero-order valence-electron chi connectivity index (χ0n) is 11.6. The van der Waals surface area contributed by atoms with E-state index in [1.807, 2.05) is 0 Å². The molecular formula is C13H17N5OS. The maximum atomic E-state index is 11.2. The van der Waals surface area contributed by atoms with Crippen molar-refractivity contribution in [3.63, 3.8) is 0 Å². The minimum atomic E-state index is 0.314. The Kier molecular flexibility index (Phi) is 3.52. The van der Waals surface area contributed by atoms with Gasteiger partial charge in [0.25, 0.3) is 0 Å². The number of rotatable bonds is 4. The molecule has 2 aromatic heterocycles. The molecule has 0 aliphatic carbocycles. The standard InChI is InChI=1S/C13H17N5OS/c1-3-9(2)12-10(7-19)20-13(15-12)17-4-5-18-8-14-16-11(18)6-17/h7-9H,3-6H2,1-2H3. The van der Waals surface area contributed by atoms with Crippen LogP contribution in [0.15, 0.2) is 6.33 Å². The second-order valence-corrected chi connectivity index (χ2v) is 6.04. The van der Waals surface area contributed by atoms with E-state index in [1.165, 1.54) is 11.3 Å². The summed E-state index contributed by atoms with van der Waals surface area (Å²) in [4.78, 5) is 18.8. The van der Waals surface area contributed by atoms with E-state index in [0.29, 0.717) is 12.5 Å². The van der Waals surface area contributed by atoms with Gasteiger partial charge in [0.05, 0.1) is 17.1 Å². The van der Waals surface area contributed by atoms with Gasteiger partial charge in [0.15, 0.2) is 17.2 Å². The average molecular weight is 291 g/mol. The van der Waals surface area contributed by atoms with Crippen molar-refractivity contribution in [2.24, 2.45) is 0 Å². The van der Waals surface area contributed by atoms with Crippen LogP contribution in [0.1, 0.15) is 47.4 Å². The highest BCUT2D eigenvalue weighted by Gasteiger charge is 2.23. The lowest BCUT2D eigenvalue weighted by Gasteiger charge is -2.26. The van der Waals surface area contributed by atoms with Gasteiger partial charge in [-0.05, 0) is 12.3 Å². The van der Waals surface area contributed by atoms with Crippen LogP contribution < -0.4 is 4.90 Å². The molecule has 2 aromatic rings. The third-order valence-electron chi connectivity index (χ3n) is 3.77. The van der Waals surface area contributed by atoms with E-state index in [9.17, 15) is 4.79 Å². The van der Waals surface area contributed by atoms with E-state index in [2.05, 4.69) is 38.5 Å². The Morgan fingerprint density at radius 3 is 3.10 bits per heavy atom. The molecule has 0 amide bonds. The van der Waals surface area contributed by atoms with Crippen molar-refractivity contribution in [1.82, 2.24) is 19.7 Å². The zero-order chi connectivity index (χ0) is 14.1. The highest BCUT2D eigenvalue weighted by molar-refractivity contribution is 7.17. The van der Waals surface area contributed by atoms with E-state index in [-0.39, 0.29) is 0 Å². The fraction of sp³-hybridized carbons (Fsp3) is 0.538. The number of carbonyl (C=O) groups is 1. The lowest BCUT2D eigenvalue weighted by molar-refractivity contribution is 0.112. The average Bonchev–Trinajstić information content (AvgIpc) is 3.11. The summed E-state index contributed by atoms with van der Waals surface area (Å²) in [5.74, 6) is 1.26. The summed E-state index contributed by atoms with van der Waals surface area (Å²) in [6, 6.07) is 0. The van der Waals surface area contributed by atoms with E-state index in [1.54, 1.807) is 6.33 Å². The van der Waals surface area contributed by atoms with Gasteiger partial charge in [-0.15, -0.1) is 10.2 Å². The number of hydrogen-bond acceptors (Lipinski definition) is 6. The van der Waals surface area contributed by atoms with Gasteiger partial charge < -0.3 is 9.47 Å². The van der Waals surface area contributed by atoms with Crippen LogP contribution in [0, 0.1) is 0 Å². The van der Waals surface area contributed by atoms with Crippen molar-refractivity contribution >= 4 is 22.8 Å². The summed E-state index contributed by atoms with van der Waals surface area (Å²) < 4.78 is 2.06. The van der Waals surface area contributed by atoms with Gasteiger partial charge in [-0.1, -0.05) is 25.2 Å². The van der Waals surface area contributed by atoms with Crippen LogP contribution in [0.3, 0.4) is 0 Å². The zero-order valence-corrected chi connectivity index (χ0v) is 12.4. The number of aromatic nitrogens is 4. The fourth-order valence-corrected chi connectivity index (χ4v) is 3.35. The van der Waals surface area contributed by atoms with Gasteiger partial charge in [-0.2, -0.15) is 0 Å². The minimum absolute atomic E-state index is 0.314. The SMILES string of the molecule is CCC(C)c1nc(N2CCn3cnnc3C2)sc1C=O. The molecule has 0 fully saturated rings. The molecule has 6 nitrogen and oxygen atoms in total. The lowest BCUT2D eigenvalue weighted by atomic mass is 10.0. The predicted octanol–water partition coefficient (Wildman–Crippen LogP) is 2.08. The van der Waals surface area contributed by atoms with Crippen LogP contribution in [0.5, 0.6) is 0 Å². The summed E-state index contributed by atoms with van der Waals surface area (Å²) >= 11 is 1.48. The summed E-state index contributed by atoms with van der Waals surface area (Å²) in [6.07, 6.45) is 3.67. The van der Waals surface area contributed by atoms with Crippen molar-refractivity contribution in [2.45, 2.75) is 39.3 Å². The van der Waals surface area contributed by atoms with Gasteiger partial charge in [0.1, 0.15) is 6.33 Å². The molecule has 1 aliphatic rings. The Balaban J connectivity index is 1.88. The van der Waals surface area contributed by atoms with Crippen molar-refractivity contribution in [2.75, 3.05) is 11.4 Å². The number of nitrogens with zero attached hydrogens (tertiary/aromatic N) is 5. The third kappa shape index (κ3) is 2.22. The molecule has 0 bridgehead atoms. The molecule has 3 heterocycles. The maximum Gasteiger partial charge on any atom is 0.186 e. The van der Waals surface area contributed by atoms with Crippen molar-refractivity contribution in [3.8, 4) is 0 Å². The molecule has 3 rings (SSSR count). The van der Waals surface area contributed by atoms with Crippen molar-refractivity contribution < 1.29 is 4.79 Å². The Bertz CT molecular complexity index is 620. The van der Waals surface area contributed by atoms with Crippen LogP contribution in [-0.2, 0) is 13.1 Å². The molecule has 1 aliphatic heterocycles. The largest absolute Gasteiger partial charge is 0.339 e. The maximum absolute atomic E-state index is 11.2. The second kappa shape index (κ2) is 5.32. The first-order valence-electron chi connectivity index (χ1n) is 6.80. The molecule has 0 N–H and O–H groups in total. The summed E-state index contributed by atoms with van der Waals surface area (Å²) in [5, 5.41) is 8.95. The van der Waals surface area contributed by atoms with Gasteiger partial charge in [0, 0.05) is 13.1 Å². The topological polar surface area (TPSA) is 63.9 Å². The molecule has 20 heavy (non-hydrogen) atoms. The highest BCUT2D eigenvalue weighted by atomic mass is 32.1. The van der Waals surface area contributed by atoms with Crippen LogP contribution in [-0.4, -0.2) is 32.6 Å².